The Morgan fingerprint density at radius 1 is 1.30 bits per heavy atom. The molecule has 0 aliphatic carbocycles. The molecule has 2 rings (SSSR count). The Hall–Kier alpha value is -2.87. The summed E-state index contributed by atoms with van der Waals surface area (Å²) in [5, 5.41) is 10.9. The van der Waals surface area contributed by atoms with Crippen molar-refractivity contribution in [3.63, 3.8) is 0 Å². The minimum atomic E-state index is -0.581. The largest absolute Gasteiger partial charge is 0.497 e. The van der Waals surface area contributed by atoms with Crippen LogP contribution in [0, 0.1) is 10.1 Å². The van der Waals surface area contributed by atoms with Gasteiger partial charge in [-0.1, -0.05) is 6.07 Å². The van der Waals surface area contributed by atoms with Crippen molar-refractivity contribution in [2.75, 3.05) is 12.5 Å². The van der Waals surface area contributed by atoms with Crippen LogP contribution in [-0.2, 0) is 0 Å². The van der Waals surface area contributed by atoms with Crippen LogP contribution >= 0.6 is 0 Å². The predicted molar refractivity (Wildman–Crippen MR) is 71.8 cm³/mol. The average molecular weight is 276 g/mol. The lowest BCUT2D eigenvalue weighted by atomic mass is 10.3. The average Bonchev–Trinajstić information content (AvgIpc) is 2.47. The van der Waals surface area contributed by atoms with Crippen LogP contribution < -0.4 is 20.7 Å². The fourth-order valence-corrected chi connectivity index (χ4v) is 1.50. The van der Waals surface area contributed by atoms with Gasteiger partial charge in [-0.15, -0.1) is 0 Å². The zero-order valence-electron chi connectivity index (χ0n) is 10.6. The lowest BCUT2D eigenvalue weighted by Gasteiger charge is -2.08. The van der Waals surface area contributed by atoms with Gasteiger partial charge in [-0.05, 0) is 18.2 Å². The maximum absolute atomic E-state index is 10.9. The fourth-order valence-electron chi connectivity index (χ4n) is 1.50. The van der Waals surface area contributed by atoms with Gasteiger partial charge in [0.1, 0.15) is 17.3 Å². The Morgan fingerprint density at radius 2 is 2.05 bits per heavy atom. The van der Waals surface area contributed by atoms with Gasteiger partial charge < -0.3 is 14.9 Å². The van der Waals surface area contributed by atoms with E-state index in [9.17, 15) is 10.1 Å². The quantitative estimate of drug-likeness (QED) is 0.488. The number of nitrogen functional groups attached to an aromatic ring is 1. The highest BCUT2D eigenvalue weighted by Crippen LogP contribution is 2.31. The number of nitrogens with one attached hydrogen (secondary N) is 1. The van der Waals surface area contributed by atoms with Crippen molar-refractivity contribution in [3.05, 3.63) is 46.5 Å². The first kappa shape index (κ1) is 13.6. The summed E-state index contributed by atoms with van der Waals surface area (Å²) in [4.78, 5) is 14.3. The molecule has 0 unspecified atom stereocenters. The van der Waals surface area contributed by atoms with Crippen molar-refractivity contribution in [2.45, 2.75) is 0 Å². The SMILES string of the molecule is COc1cccc(Oc2nc(NN)ccc2[N+](=O)[O-])c1. The van der Waals surface area contributed by atoms with Gasteiger partial charge in [0.05, 0.1) is 12.0 Å². The molecule has 2 aromatic rings. The van der Waals surface area contributed by atoms with Gasteiger partial charge in [0.25, 0.3) is 0 Å². The first-order chi connectivity index (χ1) is 9.63. The van der Waals surface area contributed by atoms with Crippen molar-refractivity contribution >= 4 is 11.5 Å². The molecule has 104 valence electrons. The number of aromatic nitrogens is 1. The highest BCUT2D eigenvalue weighted by Gasteiger charge is 2.18. The zero-order valence-corrected chi connectivity index (χ0v) is 10.6. The summed E-state index contributed by atoms with van der Waals surface area (Å²) in [6.07, 6.45) is 0. The number of pyridine rings is 1. The number of hydrogen-bond acceptors (Lipinski definition) is 7. The summed E-state index contributed by atoms with van der Waals surface area (Å²) in [7, 11) is 1.51. The highest BCUT2D eigenvalue weighted by molar-refractivity contribution is 5.50. The molecule has 0 saturated heterocycles. The van der Waals surface area contributed by atoms with E-state index in [1.54, 1.807) is 24.3 Å². The van der Waals surface area contributed by atoms with Crippen LogP contribution in [0.1, 0.15) is 0 Å². The number of nitrogens with two attached hydrogens (primary N) is 1. The Morgan fingerprint density at radius 3 is 2.70 bits per heavy atom. The van der Waals surface area contributed by atoms with Crippen LogP contribution in [-0.4, -0.2) is 17.0 Å². The lowest BCUT2D eigenvalue weighted by Crippen LogP contribution is -2.09. The molecule has 0 aliphatic rings. The van der Waals surface area contributed by atoms with Gasteiger partial charge in [0.15, 0.2) is 0 Å². The van der Waals surface area contributed by atoms with E-state index in [1.165, 1.54) is 19.2 Å². The standard InChI is InChI=1S/C12H12N4O4/c1-19-8-3-2-4-9(7-8)20-12-10(16(17)18)5-6-11(14-12)15-13/h2-7H,13H2,1H3,(H,14,15). The van der Waals surface area contributed by atoms with E-state index < -0.39 is 4.92 Å². The molecule has 0 spiro atoms. The number of benzene rings is 1. The van der Waals surface area contributed by atoms with E-state index >= 15 is 0 Å². The molecular formula is C12H12N4O4. The van der Waals surface area contributed by atoms with E-state index in [0.717, 1.165) is 0 Å². The van der Waals surface area contributed by atoms with Gasteiger partial charge in [0, 0.05) is 12.1 Å². The first-order valence-electron chi connectivity index (χ1n) is 5.58. The Kier molecular flexibility index (Phi) is 3.96. The molecule has 1 aromatic carbocycles. The first-order valence-corrected chi connectivity index (χ1v) is 5.58. The summed E-state index contributed by atoms with van der Waals surface area (Å²) >= 11 is 0. The van der Waals surface area contributed by atoms with E-state index in [1.807, 2.05) is 0 Å². The van der Waals surface area contributed by atoms with Crippen molar-refractivity contribution < 1.29 is 14.4 Å². The fraction of sp³-hybridized carbons (Fsp3) is 0.0833. The number of methoxy groups -OCH3 is 1. The van der Waals surface area contributed by atoms with Crippen LogP contribution in [0.15, 0.2) is 36.4 Å². The molecular weight excluding hydrogens is 264 g/mol. The third kappa shape index (κ3) is 2.93. The Bertz CT molecular complexity index is 633. The van der Waals surface area contributed by atoms with Gasteiger partial charge in [-0.25, -0.2) is 5.84 Å². The number of hydrazine groups is 1. The minimum absolute atomic E-state index is 0.154. The van der Waals surface area contributed by atoms with Crippen molar-refractivity contribution in [1.29, 1.82) is 0 Å². The molecule has 0 atom stereocenters. The van der Waals surface area contributed by atoms with Crippen molar-refractivity contribution in [2.24, 2.45) is 5.84 Å². The van der Waals surface area contributed by atoms with Crippen molar-refractivity contribution in [3.8, 4) is 17.4 Å². The van der Waals surface area contributed by atoms with Gasteiger partial charge in [-0.3, -0.25) is 10.1 Å². The summed E-state index contributed by atoms with van der Waals surface area (Å²) in [6.45, 7) is 0. The normalized spacial score (nSPS) is 9.90. The Labute approximate surface area is 114 Å². The highest BCUT2D eigenvalue weighted by atomic mass is 16.6. The van der Waals surface area contributed by atoms with Crippen molar-refractivity contribution in [1.82, 2.24) is 4.98 Å². The summed E-state index contributed by atoms with van der Waals surface area (Å²) < 4.78 is 10.5. The van der Waals surface area contributed by atoms with Crippen LogP contribution in [0.25, 0.3) is 0 Å². The summed E-state index contributed by atoms with van der Waals surface area (Å²) in [6, 6.07) is 9.30. The van der Waals surface area contributed by atoms with Crippen LogP contribution in [0.4, 0.5) is 11.5 Å². The van der Waals surface area contributed by atoms with E-state index in [4.69, 9.17) is 15.3 Å². The van der Waals surface area contributed by atoms with Crippen LogP contribution in [0.2, 0.25) is 0 Å². The van der Waals surface area contributed by atoms with Gasteiger partial charge in [0.2, 0.25) is 0 Å². The van der Waals surface area contributed by atoms with Gasteiger partial charge in [-0.2, -0.15) is 4.98 Å². The molecule has 1 aromatic heterocycles. The van der Waals surface area contributed by atoms with Crippen LogP contribution in [0.3, 0.4) is 0 Å². The second kappa shape index (κ2) is 5.85. The second-order valence-electron chi connectivity index (χ2n) is 3.70. The predicted octanol–water partition coefficient (Wildman–Crippen LogP) is 2.08. The summed E-state index contributed by atoms with van der Waals surface area (Å²) in [5.74, 6) is 6.27. The van der Waals surface area contributed by atoms with Crippen LogP contribution in [0.5, 0.6) is 17.4 Å². The molecule has 0 aliphatic heterocycles. The maximum atomic E-state index is 10.9. The molecule has 0 fully saturated rings. The molecule has 8 nitrogen and oxygen atoms in total. The number of rotatable bonds is 5. The zero-order chi connectivity index (χ0) is 14.5. The number of ether oxygens (including phenoxy) is 2. The third-order valence-electron chi connectivity index (χ3n) is 2.44. The smallest absolute Gasteiger partial charge is 0.331 e. The minimum Gasteiger partial charge on any atom is -0.497 e. The number of anilines is 1. The maximum Gasteiger partial charge on any atom is 0.331 e. The molecule has 0 saturated carbocycles. The molecule has 0 radical (unpaired) electrons. The molecule has 8 heteroatoms. The molecule has 20 heavy (non-hydrogen) atoms. The topological polar surface area (TPSA) is 113 Å². The number of hydrogen-bond donors (Lipinski definition) is 2. The summed E-state index contributed by atoms with van der Waals surface area (Å²) in [5.41, 5.74) is 2.05. The Balaban J connectivity index is 2.37. The molecule has 1 heterocycles. The van der Waals surface area contributed by atoms with E-state index in [0.29, 0.717) is 11.5 Å². The monoisotopic (exact) mass is 276 g/mol. The lowest BCUT2D eigenvalue weighted by molar-refractivity contribution is -0.386. The van der Waals surface area contributed by atoms with E-state index in [-0.39, 0.29) is 17.4 Å². The molecule has 3 N–H and O–H groups in total. The van der Waals surface area contributed by atoms with Gasteiger partial charge >= 0.3 is 11.6 Å². The molecule has 0 bridgehead atoms. The number of nitrogens with zero attached hydrogens (tertiary/aromatic N) is 2. The molecule has 0 amide bonds. The number of nitro groups is 1. The van der Waals surface area contributed by atoms with E-state index in [2.05, 4.69) is 10.4 Å². The third-order valence-corrected chi connectivity index (χ3v) is 2.44. The second-order valence-corrected chi connectivity index (χ2v) is 3.70.